The lowest BCUT2D eigenvalue weighted by molar-refractivity contribution is 0.205. The Kier molecular flexibility index (Phi) is 4.81. The normalized spacial score (nSPS) is 20.6. The standard InChI is InChI=1S/C12H17BrN2O3S/c1-2-8-19(16,17)15-7-5-10(9-15)18-12-11(13)4-3-6-14-12/h3-4,6,10H,2,5,7-9H2,1H3. The first kappa shape index (κ1) is 14.7. The van der Waals surface area contributed by atoms with Gasteiger partial charge in [-0.3, -0.25) is 0 Å². The van der Waals surface area contributed by atoms with Crippen molar-refractivity contribution in [2.24, 2.45) is 0 Å². The van der Waals surface area contributed by atoms with Crippen molar-refractivity contribution in [3.05, 3.63) is 22.8 Å². The molecule has 5 nitrogen and oxygen atoms in total. The van der Waals surface area contributed by atoms with Gasteiger partial charge in [0, 0.05) is 12.7 Å². The topological polar surface area (TPSA) is 59.5 Å². The van der Waals surface area contributed by atoms with Crippen LogP contribution in [0.25, 0.3) is 0 Å². The largest absolute Gasteiger partial charge is 0.472 e. The van der Waals surface area contributed by atoms with E-state index < -0.39 is 10.0 Å². The van der Waals surface area contributed by atoms with Crippen LogP contribution in [0.5, 0.6) is 5.88 Å². The highest BCUT2D eigenvalue weighted by molar-refractivity contribution is 9.10. The van der Waals surface area contributed by atoms with Gasteiger partial charge in [-0.2, -0.15) is 4.31 Å². The first-order valence-corrected chi connectivity index (χ1v) is 8.68. The van der Waals surface area contributed by atoms with Crippen LogP contribution >= 0.6 is 15.9 Å². The van der Waals surface area contributed by atoms with E-state index in [0.717, 1.165) is 4.47 Å². The van der Waals surface area contributed by atoms with E-state index in [1.54, 1.807) is 6.20 Å². The Labute approximate surface area is 122 Å². The van der Waals surface area contributed by atoms with Crippen LogP contribution in [0, 0.1) is 0 Å². The van der Waals surface area contributed by atoms with Gasteiger partial charge in [-0.05, 0) is 40.9 Å². The summed E-state index contributed by atoms with van der Waals surface area (Å²) in [6.45, 7) is 2.80. The van der Waals surface area contributed by atoms with Crippen LogP contribution in [0.4, 0.5) is 0 Å². The van der Waals surface area contributed by atoms with E-state index in [1.165, 1.54) is 4.31 Å². The summed E-state index contributed by atoms with van der Waals surface area (Å²) in [5.74, 6) is 0.717. The van der Waals surface area contributed by atoms with Gasteiger partial charge in [-0.25, -0.2) is 13.4 Å². The van der Waals surface area contributed by atoms with Gasteiger partial charge >= 0.3 is 0 Å². The maximum absolute atomic E-state index is 11.9. The Balaban J connectivity index is 1.98. The number of rotatable bonds is 5. The molecule has 0 aromatic carbocycles. The fourth-order valence-corrected chi connectivity index (χ4v) is 3.95. The van der Waals surface area contributed by atoms with Gasteiger partial charge in [0.1, 0.15) is 6.10 Å². The zero-order valence-electron chi connectivity index (χ0n) is 10.8. The second-order valence-electron chi connectivity index (χ2n) is 4.49. The summed E-state index contributed by atoms with van der Waals surface area (Å²) in [6, 6.07) is 3.66. The summed E-state index contributed by atoms with van der Waals surface area (Å²) in [4.78, 5) is 4.13. The highest BCUT2D eigenvalue weighted by atomic mass is 79.9. The van der Waals surface area contributed by atoms with E-state index in [0.29, 0.717) is 31.8 Å². The first-order valence-electron chi connectivity index (χ1n) is 6.28. The van der Waals surface area contributed by atoms with Gasteiger partial charge in [-0.1, -0.05) is 6.92 Å². The quantitative estimate of drug-likeness (QED) is 0.816. The van der Waals surface area contributed by atoms with Crippen LogP contribution in [-0.2, 0) is 10.0 Å². The molecule has 7 heteroatoms. The fourth-order valence-electron chi connectivity index (χ4n) is 2.05. The van der Waals surface area contributed by atoms with Gasteiger partial charge in [-0.15, -0.1) is 0 Å². The number of nitrogens with zero attached hydrogens (tertiary/aromatic N) is 2. The number of hydrogen-bond acceptors (Lipinski definition) is 4. The van der Waals surface area contributed by atoms with Gasteiger partial charge in [0.15, 0.2) is 0 Å². The minimum absolute atomic E-state index is 0.127. The van der Waals surface area contributed by atoms with E-state index in [2.05, 4.69) is 20.9 Å². The van der Waals surface area contributed by atoms with Crippen LogP contribution in [0.1, 0.15) is 19.8 Å². The molecular formula is C12H17BrN2O3S. The highest BCUT2D eigenvalue weighted by Gasteiger charge is 2.32. The molecule has 1 unspecified atom stereocenters. The average Bonchev–Trinajstić information content (AvgIpc) is 2.81. The molecule has 0 spiro atoms. The summed E-state index contributed by atoms with van der Waals surface area (Å²) >= 11 is 3.36. The van der Waals surface area contributed by atoms with Crippen LogP contribution in [0.2, 0.25) is 0 Å². The summed E-state index contributed by atoms with van der Waals surface area (Å²) in [6.07, 6.45) is 2.86. The maximum Gasteiger partial charge on any atom is 0.228 e. The van der Waals surface area contributed by atoms with Crippen LogP contribution in [0.15, 0.2) is 22.8 Å². The molecule has 0 N–H and O–H groups in total. The number of ether oxygens (including phenoxy) is 1. The van der Waals surface area contributed by atoms with Crippen molar-refractivity contribution >= 4 is 26.0 Å². The van der Waals surface area contributed by atoms with Crippen molar-refractivity contribution in [1.29, 1.82) is 0 Å². The summed E-state index contributed by atoms with van der Waals surface area (Å²) < 4.78 is 31.9. The molecule has 1 aliphatic rings. The molecule has 0 bridgehead atoms. The predicted octanol–water partition coefficient (Wildman–Crippen LogP) is 2.04. The third kappa shape index (κ3) is 3.67. The Morgan fingerprint density at radius 3 is 3.05 bits per heavy atom. The maximum atomic E-state index is 11.9. The van der Waals surface area contributed by atoms with Crippen LogP contribution in [-0.4, -0.2) is 42.7 Å². The van der Waals surface area contributed by atoms with Crippen molar-refractivity contribution in [3.63, 3.8) is 0 Å². The van der Waals surface area contributed by atoms with Crippen LogP contribution in [0.3, 0.4) is 0 Å². The molecule has 1 saturated heterocycles. The van der Waals surface area contributed by atoms with E-state index in [1.807, 2.05) is 19.1 Å². The van der Waals surface area contributed by atoms with E-state index >= 15 is 0 Å². The molecule has 2 rings (SSSR count). The van der Waals surface area contributed by atoms with Crippen molar-refractivity contribution < 1.29 is 13.2 Å². The minimum Gasteiger partial charge on any atom is -0.472 e. The van der Waals surface area contributed by atoms with Gasteiger partial charge in [0.2, 0.25) is 15.9 Å². The number of sulfonamides is 1. The molecule has 0 radical (unpaired) electrons. The number of hydrogen-bond donors (Lipinski definition) is 0. The Morgan fingerprint density at radius 2 is 2.37 bits per heavy atom. The van der Waals surface area contributed by atoms with Gasteiger partial charge < -0.3 is 4.74 Å². The molecule has 19 heavy (non-hydrogen) atoms. The van der Waals surface area contributed by atoms with Crippen molar-refractivity contribution in [1.82, 2.24) is 9.29 Å². The first-order chi connectivity index (χ1) is 9.03. The minimum atomic E-state index is -3.12. The monoisotopic (exact) mass is 348 g/mol. The van der Waals surface area contributed by atoms with Crippen molar-refractivity contribution in [3.8, 4) is 5.88 Å². The molecule has 0 amide bonds. The molecule has 106 valence electrons. The summed E-state index contributed by atoms with van der Waals surface area (Å²) in [5.41, 5.74) is 0. The molecule has 1 aromatic heterocycles. The lowest BCUT2D eigenvalue weighted by Gasteiger charge is -2.16. The number of halogens is 1. The lowest BCUT2D eigenvalue weighted by Crippen LogP contribution is -2.32. The molecule has 1 aliphatic heterocycles. The fraction of sp³-hybridized carbons (Fsp3) is 0.583. The molecular weight excluding hydrogens is 332 g/mol. The molecule has 0 aliphatic carbocycles. The summed E-state index contributed by atoms with van der Waals surface area (Å²) in [7, 11) is -3.12. The summed E-state index contributed by atoms with van der Waals surface area (Å²) in [5, 5.41) is 0. The zero-order valence-corrected chi connectivity index (χ0v) is 13.2. The molecule has 1 atom stereocenters. The van der Waals surface area contributed by atoms with Crippen LogP contribution < -0.4 is 4.74 Å². The van der Waals surface area contributed by atoms with E-state index in [-0.39, 0.29) is 11.9 Å². The second-order valence-corrected chi connectivity index (χ2v) is 7.44. The lowest BCUT2D eigenvalue weighted by atomic mass is 10.3. The van der Waals surface area contributed by atoms with E-state index in [4.69, 9.17) is 4.74 Å². The smallest absolute Gasteiger partial charge is 0.228 e. The second kappa shape index (κ2) is 6.19. The third-order valence-electron chi connectivity index (χ3n) is 2.97. The SMILES string of the molecule is CCCS(=O)(=O)N1CCC(Oc2ncccc2Br)C1. The zero-order chi connectivity index (χ0) is 13.9. The Hall–Kier alpha value is -0.660. The molecule has 1 fully saturated rings. The molecule has 2 heterocycles. The van der Waals surface area contributed by atoms with Crippen molar-refractivity contribution in [2.75, 3.05) is 18.8 Å². The van der Waals surface area contributed by atoms with Gasteiger partial charge in [0.25, 0.3) is 0 Å². The van der Waals surface area contributed by atoms with Crippen molar-refractivity contribution in [2.45, 2.75) is 25.9 Å². The number of pyridine rings is 1. The average molecular weight is 349 g/mol. The molecule has 1 aromatic rings. The Bertz CT molecular complexity index is 536. The highest BCUT2D eigenvalue weighted by Crippen LogP contribution is 2.25. The van der Waals surface area contributed by atoms with E-state index in [9.17, 15) is 8.42 Å². The molecule has 0 saturated carbocycles. The van der Waals surface area contributed by atoms with Gasteiger partial charge in [0.05, 0.1) is 16.8 Å². The predicted molar refractivity (Wildman–Crippen MR) is 76.6 cm³/mol. The number of aromatic nitrogens is 1. The Morgan fingerprint density at radius 1 is 1.58 bits per heavy atom. The third-order valence-corrected chi connectivity index (χ3v) is 5.61.